The van der Waals surface area contributed by atoms with Gasteiger partial charge in [-0.2, -0.15) is 0 Å². The predicted octanol–water partition coefficient (Wildman–Crippen LogP) is 4.45. The average Bonchev–Trinajstić information content (AvgIpc) is 2.67. The monoisotopic (exact) mass is 248 g/mol. The molecule has 17 heavy (non-hydrogen) atoms. The number of benzene rings is 1. The van der Waals surface area contributed by atoms with E-state index in [9.17, 15) is 0 Å². The predicted molar refractivity (Wildman–Crippen MR) is 75.6 cm³/mol. The summed E-state index contributed by atoms with van der Waals surface area (Å²) >= 11 is 5.12. The fourth-order valence-electron chi connectivity index (χ4n) is 2.62. The number of thiocarbonyl (C=S) groups is 1. The van der Waals surface area contributed by atoms with E-state index in [1.165, 1.54) is 44.1 Å². The molecule has 0 saturated heterocycles. The van der Waals surface area contributed by atoms with Crippen LogP contribution in [0.1, 0.15) is 55.6 Å². The molecule has 0 unspecified atom stereocenters. The second-order valence-electron chi connectivity index (χ2n) is 4.80. The molecule has 0 aliphatic heterocycles. The van der Waals surface area contributed by atoms with Gasteiger partial charge in [-0.15, -0.1) is 0 Å². The summed E-state index contributed by atoms with van der Waals surface area (Å²) in [6.07, 6.45) is 8.25. The van der Waals surface area contributed by atoms with Crippen LogP contribution in [0.3, 0.4) is 0 Å². The van der Waals surface area contributed by atoms with Crippen molar-refractivity contribution in [3.05, 3.63) is 35.4 Å². The maximum atomic E-state index is 5.12. The summed E-state index contributed by atoms with van der Waals surface area (Å²) in [4.78, 5) is 0. The summed E-state index contributed by atoms with van der Waals surface area (Å²) in [6, 6.07) is 8.62. The van der Waals surface area contributed by atoms with Crippen LogP contribution in [-0.4, -0.2) is 12.2 Å². The SMILES string of the molecule is COC(=S)c1ccc(C2CCCCCC2)cc1. The Hall–Kier alpha value is -0.890. The summed E-state index contributed by atoms with van der Waals surface area (Å²) in [5.41, 5.74) is 2.48. The van der Waals surface area contributed by atoms with Gasteiger partial charge in [0.15, 0.2) is 5.05 Å². The molecule has 1 aromatic rings. The first-order valence-electron chi connectivity index (χ1n) is 6.49. The van der Waals surface area contributed by atoms with E-state index in [4.69, 9.17) is 17.0 Å². The standard InChI is InChI=1S/C15H20OS/c1-16-15(17)14-10-8-13(9-11-14)12-6-4-2-3-5-7-12/h8-12H,2-7H2,1H3. The van der Waals surface area contributed by atoms with Gasteiger partial charge in [-0.1, -0.05) is 49.9 Å². The van der Waals surface area contributed by atoms with Crippen molar-refractivity contribution < 1.29 is 4.74 Å². The molecule has 0 atom stereocenters. The van der Waals surface area contributed by atoms with Crippen LogP contribution in [0, 0.1) is 0 Å². The van der Waals surface area contributed by atoms with E-state index < -0.39 is 0 Å². The number of rotatable bonds is 2. The maximum absolute atomic E-state index is 5.12. The van der Waals surface area contributed by atoms with Crippen LogP contribution in [0.25, 0.3) is 0 Å². The van der Waals surface area contributed by atoms with Crippen LogP contribution >= 0.6 is 12.2 Å². The minimum Gasteiger partial charge on any atom is -0.486 e. The van der Waals surface area contributed by atoms with Gasteiger partial charge in [-0.3, -0.25) is 0 Å². The summed E-state index contributed by atoms with van der Waals surface area (Å²) in [7, 11) is 1.63. The van der Waals surface area contributed by atoms with Crippen molar-refractivity contribution in [2.45, 2.75) is 44.4 Å². The highest BCUT2D eigenvalue weighted by Gasteiger charge is 2.14. The summed E-state index contributed by atoms with van der Waals surface area (Å²) < 4.78 is 5.07. The Morgan fingerprint density at radius 1 is 1.06 bits per heavy atom. The van der Waals surface area contributed by atoms with Crippen LogP contribution in [0.5, 0.6) is 0 Å². The molecule has 1 fully saturated rings. The van der Waals surface area contributed by atoms with Gasteiger partial charge in [0, 0.05) is 5.56 Å². The molecular formula is C15H20OS. The molecule has 92 valence electrons. The second kappa shape index (κ2) is 6.15. The van der Waals surface area contributed by atoms with Gasteiger partial charge < -0.3 is 4.74 Å². The van der Waals surface area contributed by atoms with Crippen LogP contribution in [0.15, 0.2) is 24.3 Å². The Morgan fingerprint density at radius 3 is 2.18 bits per heavy atom. The van der Waals surface area contributed by atoms with E-state index in [-0.39, 0.29) is 0 Å². The smallest absolute Gasteiger partial charge is 0.190 e. The fourth-order valence-corrected chi connectivity index (χ4v) is 2.76. The van der Waals surface area contributed by atoms with E-state index in [1.807, 2.05) is 0 Å². The number of ether oxygens (including phenoxy) is 1. The molecule has 1 aliphatic carbocycles. The third kappa shape index (κ3) is 3.29. The minimum absolute atomic E-state index is 0.581. The van der Waals surface area contributed by atoms with Crippen LogP contribution in [0.4, 0.5) is 0 Å². The average molecular weight is 248 g/mol. The first-order valence-corrected chi connectivity index (χ1v) is 6.90. The van der Waals surface area contributed by atoms with Crippen molar-refractivity contribution in [3.63, 3.8) is 0 Å². The molecule has 1 nitrogen and oxygen atoms in total. The first kappa shape index (κ1) is 12.6. The zero-order chi connectivity index (χ0) is 12.1. The molecule has 0 radical (unpaired) electrons. The Balaban J connectivity index is 2.08. The topological polar surface area (TPSA) is 9.23 Å². The third-order valence-electron chi connectivity index (χ3n) is 3.66. The van der Waals surface area contributed by atoms with Gasteiger partial charge in [0.05, 0.1) is 7.11 Å². The second-order valence-corrected chi connectivity index (χ2v) is 5.17. The zero-order valence-electron chi connectivity index (χ0n) is 10.4. The Kier molecular flexibility index (Phi) is 4.55. The van der Waals surface area contributed by atoms with Crippen LogP contribution in [0.2, 0.25) is 0 Å². The van der Waals surface area contributed by atoms with Crippen LogP contribution < -0.4 is 0 Å². The molecular weight excluding hydrogens is 228 g/mol. The molecule has 0 aromatic heterocycles. The Labute approximate surface area is 109 Å². The highest BCUT2D eigenvalue weighted by Crippen LogP contribution is 2.31. The molecule has 1 aromatic carbocycles. The van der Waals surface area contributed by atoms with Gasteiger partial charge in [0.1, 0.15) is 0 Å². The van der Waals surface area contributed by atoms with Crippen molar-refractivity contribution >= 4 is 17.3 Å². The normalized spacial score (nSPS) is 17.5. The van der Waals surface area contributed by atoms with Gasteiger partial charge >= 0.3 is 0 Å². The van der Waals surface area contributed by atoms with Crippen LogP contribution in [-0.2, 0) is 4.74 Å². The van der Waals surface area contributed by atoms with E-state index in [2.05, 4.69) is 24.3 Å². The lowest BCUT2D eigenvalue weighted by Crippen LogP contribution is -2.01. The first-order chi connectivity index (χ1) is 8.31. The van der Waals surface area contributed by atoms with Crippen molar-refractivity contribution in [3.8, 4) is 0 Å². The van der Waals surface area contributed by atoms with Gasteiger partial charge in [-0.25, -0.2) is 0 Å². The Morgan fingerprint density at radius 2 is 1.65 bits per heavy atom. The molecule has 0 bridgehead atoms. The van der Waals surface area contributed by atoms with E-state index in [1.54, 1.807) is 7.11 Å². The lowest BCUT2D eigenvalue weighted by Gasteiger charge is -2.14. The van der Waals surface area contributed by atoms with E-state index >= 15 is 0 Å². The van der Waals surface area contributed by atoms with Crippen molar-refractivity contribution in [2.24, 2.45) is 0 Å². The summed E-state index contributed by atoms with van der Waals surface area (Å²) in [6.45, 7) is 0. The largest absolute Gasteiger partial charge is 0.486 e. The van der Waals surface area contributed by atoms with Crippen molar-refractivity contribution in [2.75, 3.05) is 7.11 Å². The maximum Gasteiger partial charge on any atom is 0.190 e. The molecule has 2 rings (SSSR count). The Bertz CT molecular complexity index is 361. The van der Waals surface area contributed by atoms with Crippen molar-refractivity contribution in [1.82, 2.24) is 0 Å². The minimum atomic E-state index is 0.581. The third-order valence-corrected chi connectivity index (χ3v) is 4.06. The molecule has 0 N–H and O–H groups in total. The number of hydrogen-bond donors (Lipinski definition) is 0. The molecule has 1 saturated carbocycles. The highest BCUT2D eigenvalue weighted by atomic mass is 32.1. The fraction of sp³-hybridized carbons (Fsp3) is 0.533. The molecule has 2 heteroatoms. The highest BCUT2D eigenvalue weighted by molar-refractivity contribution is 7.80. The molecule has 0 amide bonds. The lowest BCUT2D eigenvalue weighted by atomic mass is 9.91. The quantitative estimate of drug-likeness (QED) is 0.565. The van der Waals surface area contributed by atoms with Gasteiger partial charge in [-0.05, 0) is 36.5 Å². The summed E-state index contributed by atoms with van der Waals surface area (Å²) in [5.74, 6) is 0.752. The van der Waals surface area contributed by atoms with E-state index in [0.717, 1.165) is 11.5 Å². The molecule has 0 spiro atoms. The number of hydrogen-bond acceptors (Lipinski definition) is 2. The molecule has 1 aliphatic rings. The summed E-state index contributed by atoms with van der Waals surface area (Å²) in [5, 5.41) is 0.581. The van der Waals surface area contributed by atoms with Crippen molar-refractivity contribution in [1.29, 1.82) is 0 Å². The van der Waals surface area contributed by atoms with Gasteiger partial charge in [0.2, 0.25) is 0 Å². The number of methoxy groups -OCH3 is 1. The lowest BCUT2D eigenvalue weighted by molar-refractivity contribution is 0.416. The van der Waals surface area contributed by atoms with E-state index in [0.29, 0.717) is 5.05 Å². The zero-order valence-corrected chi connectivity index (χ0v) is 11.3. The van der Waals surface area contributed by atoms with Gasteiger partial charge in [0.25, 0.3) is 0 Å². The molecule has 0 heterocycles.